The fourth-order valence-corrected chi connectivity index (χ4v) is 3.58. The first-order valence-corrected chi connectivity index (χ1v) is 9.85. The lowest BCUT2D eigenvalue weighted by molar-refractivity contribution is 0.311. The number of benzene rings is 2. The zero-order valence-corrected chi connectivity index (χ0v) is 17.5. The Hall–Kier alpha value is -2.77. The lowest BCUT2D eigenvalue weighted by Gasteiger charge is -2.32. The van der Waals surface area contributed by atoms with Gasteiger partial charge in [0.1, 0.15) is 5.82 Å². The van der Waals surface area contributed by atoms with Crippen molar-refractivity contribution in [3.8, 4) is 11.5 Å². The van der Waals surface area contributed by atoms with E-state index in [1.165, 1.54) is 0 Å². The van der Waals surface area contributed by atoms with Gasteiger partial charge < -0.3 is 24.6 Å². The predicted octanol–water partition coefficient (Wildman–Crippen LogP) is 3.80. The van der Waals surface area contributed by atoms with Crippen LogP contribution in [0.4, 0.5) is 17.5 Å². The molecule has 2 aromatic carbocycles. The van der Waals surface area contributed by atoms with E-state index in [1.807, 2.05) is 36.4 Å². The van der Waals surface area contributed by atoms with E-state index in [0.29, 0.717) is 28.3 Å². The largest absolute Gasteiger partial charge is 0.493 e. The van der Waals surface area contributed by atoms with Crippen molar-refractivity contribution in [2.24, 2.45) is 0 Å². The minimum atomic E-state index is 0.630. The van der Waals surface area contributed by atoms with Crippen LogP contribution < -0.4 is 19.7 Å². The Balaban J connectivity index is 1.82. The van der Waals surface area contributed by atoms with E-state index < -0.39 is 0 Å². The summed E-state index contributed by atoms with van der Waals surface area (Å²) in [5, 5.41) is 4.90. The first kappa shape index (κ1) is 19.5. The van der Waals surface area contributed by atoms with E-state index in [2.05, 4.69) is 22.2 Å². The molecule has 1 saturated heterocycles. The molecular formula is C21H24ClN5O2. The van der Waals surface area contributed by atoms with Gasteiger partial charge in [0, 0.05) is 48.3 Å². The van der Waals surface area contributed by atoms with Crippen LogP contribution >= 0.6 is 11.6 Å². The van der Waals surface area contributed by atoms with Crippen LogP contribution in [0.2, 0.25) is 5.02 Å². The SMILES string of the molecule is COc1cc2nc(N3CCN(C)CC3)nc(Nc3cccc(Cl)c3)c2cc1OC. The lowest BCUT2D eigenvalue weighted by Crippen LogP contribution is -2.45. The van der Waals surface area contributed by atoms with Crippen LogP contribution in [-0.4, -0.2) is 62.3 Å². The average molecular weight is 414 g/mol. The van der Waals surface area contributed by atoms with Crippen molar-refractivity contribution in [3.05, 3.63) is 41.4 Å². The number of rotatable bonds is 5. The van der Waals surface area contributed by atoms with Crippen LogP contribution in [0, 0.1) is 0 Å². The Labute approximate surface area is 175 Å². The maximum absolute atomic E-state index is 6.16. The molecule has 0 saturated carbocycles. The highest BCUT2D eigenvalue weighted by molar-refractivity contribution is 6.30. The summed E-state index contributed by atoms with van der Waals surface area (Å²) in [7, 11) is 5.37. The van der Waals surface area contributed by atoms with Gasteiger partial charge in [-0.25, -0.2) is 4.98 Å². The highest BCUT2D eigenvalue weighted by Gasteiger charge is 2.20. The zero-order chi connectivity index (χ0) is 20.4. The van der Waals surface area contributed by atoms with Gasteiger partial charge >= 0.3 is 0 Å². The quantitative estimate of drug-likeness (QED) is 0.682. The second-order valence-corrected chi connectivity index (χ2v) is 7.46. The summed E-state index contributed by atoms with van der Waals surface area (Å²) in [6.07, 6.45) is 0. The fourth-order valence-electron chi connectivity index (χ4n) is 3.39. The van der Waals surface area contributed by atoms with E-state index in [1.54, 1.807) is 14.2 Å². The molecule has 152 valence electrons. The van der Waals surface area contributed by atoms with E-state index in [0.717, 1.165) is 42.8 Å². The summed E-state index contributed by atoms with van der Waals surface area (Å²) in [5.41, 5.74) is 1.65. The van der Waals surface area contributed by atoms with Crippen LogP contribution in [0.3, 0.4) is 0 Å². The van der Waals surface area contributed by atoms with Crippen LogP contribution in [0.5, 0.6) is 11.5 Å². The monoisotopic (exact) mass is 413 g/mol. The number of piperazine rings is 1. The van der Waals surface area contributed by atoms with E-state index in [-0.39, 0.29) is 0 Å². The van der Waals surface area contributed by atoms with Crippen LogP contribution in [-0.2, 0) is 0 Å². The molecule has 1 N–H and O–H groups in total. The number of hydrogen-bond donors (Lipinski definition) is 1. The van der Waals surface area contributed by atoms with Gasteiger partial charge in [0.25, 0.3) is 0 Å². The van der Waals surface area contributed by atoms with Crippen molar-refractivity contribution < 1.29 is 9.47 Å². The third-order valence-corrected chi connectivity index (χ3v) is 5.30. The summed E-state index contributed by atoms with van der Waals surface area (Å²) in [6, 6.07) is 11.3. The number of anilines is 3. The van der Waals surface area contributed by atoms with Gasteiger partial charge in [0.15, 0.2) is 11.5 Å². The Morgan fingerprint density at radius 3 is 2.38 bits per heavy atom. The van der Waals surface area contributed by atoms with Crippen LogP contribution in [0.15, 0.2) is 36.4 Å². The number of likely N-dealkylation sites (N-methyl/N-ethyl adjacent to an activating group) is 1. The van der Waals surface area contributed by atoms with Gasteiger partial charge in [0.05, 0.1) is 19.7 Å². The van der Waals surface area contributed by atoms with Crippen molar-refractivity contribution >= 4 is 40.0 Å². The molecule has 0 atom stereocenters. The number of halogens is 1. The zero-order valence-electron chi connectivity index (χ0n) is 16.8. The topological polar surface area (TPSA) is 62.8 Å². The van der Waals surface area contributed by atoms with Crippen LogP contribution in [0.1, 0.15) is 0 Å². The fraction of sp³-hybridized carbons (Fsp3) is 0.333. The first-order valence-electron chi connectivity index (χ1n) is 9.47. The molecule has 8 heteroatoms. The molecule has 1 aliphatic heterocycles. The van der Waals surface area contributed by atoms with Crippen molar-refractivity contribution in [2.75, 3.05) is 57.7 Å². The smallest absolute Gasteiger partial charge is 0.227 e. The number of hydrogen-bond acceptors (Lipinski definition) is 7. The average Bonchev–Trinajstić information content (AvgIpc) is 2.73. The highest BCUT2D eigenvalue weighted by Crippen LogP contribution is 2.36. The predicted molar refractivity (Wildman–Crippen MR) is 117 cm³/mol. The van der Waals surface area contributed by atoms with Crippen molar-refractivity contribution in [2.45, 2.75) is 0 Å². The molecule has 3 aromatic rings. The minimum Gasteiger partial charge on any atom is -0.493 e. The lowest BCUT2D eigenvalue weighted by atomic mass is 10.2. The Bertz CT molecular complexity index is 1020. The molecule has 0 unspecified atom stereocenters. The molecule has 0 aliphatic carbocycles. The molecule has 2 heterocycles. The van der Waals surface area contributed by atoms with E-state index in [4.69, 9.17) is 31.0 Å². The maximum Gasteiger partial charge on any atom is 0.227 e. The van der Waals surface area contributed by atoms with Gasteiger partial charge in [-0.2, -0.15) is 4.98 Å². The molecule has 7 nitrogen and oxygen atoms in total. The Morgan fingerprint density at radius 1 is 0.966 bits per heavy atom. The molecule has 0 bridgehead atoms. The second-order valence-electron chi connectivity index (χ2n) is 7.02. The van der Waals surface area contributed by atoms with Crippen LogP contribution in [0.25, 0.3) is 10.9 Å². The molecule has 0 amide bonds. The molecule has 1 aliphatic rings. The van der Waals surface area contributed by atoms with Crippen molar-refractivity contribution in [1.29, 1.82) is 0 Å². The van der Waals surface area contributed by atoms with E-state index in [9.17, 15) is 0 Å². The summed E-state index contributed by atoms with van der Waals surface area (Å²) in [4.78, 5) is 14.2. The van der Waals surface area contributed by atoms with Gasteiger partial charge in [-0.15, -0.1) is 0 Å². The number of ether oxygens (including phenoxy) is 2. The molecule has 1 aromatic heterocycles. The Morgan fingerprint density at radius 2 is 1.69 bits per heavy atom. The summed E-state index contributed by atoms with van der Waals surface area (Å²) in [6.45, 7) is 3.71. The maximum atomic E-state index is 6.16. The number of fused-ring (bicyclic) bond motifs is 1. The van der Waals surface area contributed by atoms with Crippen molar-refractivity contribution in [1.82, 2.24) is 14.9 Å². The highest BCUT2D eigenvalue weighted by atomic mass is 35.5. The van der Waals surface area contributed by atoms with E-state index >= 15 is 0 Å². The molecular weight excluding hydrogens is 390 g/mol. The molecule has 1 fully saturated rings. The number of aromatic nitrogens is 2. The van der Waals surface area contributed by atoms with Gasteiger partial charge in [0.2, 0.25) is 5.95 Å². The first-order chi connectivity index (χ1) is 14.1. The number of nitrogens with zero attached hydrogens (tertiary/aromatic N) is 4. The standard InChI is InChI=1S/C21H24ClN5O2/c1-26-7-9-27(10-8-26)21-24-17-13-19(29-3)18(28-2)12-16(17)20(25-21)23-15-6-4-5-14(22)11-15/h4-6,11-13H,7-10H2,1-3H3,(H,23,24,25). The second kappa shape index (κ2) is 8.31. The minimum absolute atomic E-state index is 0.630. The Kier molecular flexibility index (Phi) is 5.60. The summed E-state index contributed by atoms with van der Waals surface area (Å²) < 4.78 is 11.0. The molecule has 29 heavy (non-hydrogen) atoms. The van der Waals surface area contributed by atoms with Gasteiger partial charge in [-0.3, -0.25) is 0 Å². The van der Waals surface area contributed by atoms with Gasteiger partial charge in [-0.05, 0) is 31.3 Å². The third kappa shape index (κ3) is 4.16. The van der Waals surface area contributed by atoms with Gasteiger partial charge in [-0.1, -0.05) is 17.7 Å². The molecule has 0 radical (unpaired) electrons. The normalized spacial score (nSPS) is 14.8. The number of nitrogens with one attached hydrogen (secondary N) is 1. The summed E-state index contributed by atoms with van der Waals surface area (Å²) >= 11 is 6.16. The van der Waals surface area contributed by atoms with Crippen molar-refractivity contribution in [3.63, 3.8) is 0 Å². The molecule has 4 rings (SSSR count). The third-order valence-electron chi connectivity index (χ3n) is 5.06. The molecule has 0 spiro atoms. The number of methoxy groups -OCH3 is 2. The summed E-state index contributed by atoms with van der Waals surface area (Å²) in [5.74, 6) is 2.66.